The Balaban J connectivity index is 1.35. The van der Waals surface area contributed by atoms with E-state index in [0.717, 1.165) is 22.2 Å². The minimum Gasteiger partial charge on any atom is -0.484 e. The van der Waals surface area contributed by atoms with Crippen LogP contribution in [0.15, 0.2) is 97.1 Å². The summed E-state index contributed by atoms with van der Waals surface area (Å²) in [7, 11) is 0. The Kier molecular flexibility index (Phi) is 5.20. The number of benzene rings is 4. The van der Waals surface area contributed by atoms with Gasteiger partial charge >= 0.3 is 0 Å². The molecule has 0 radical (unpaired) electrons. The van der Waals surface area contributed by atoms with Crippen LogP contribution < -0.4 is 14.8 Å². The number of anilines is 1. The summed E-state index contributed by atoms with van der Waals surface area (Å²) in [4.78, 5) is 12.2. The monoisotopic (exact) mass is 369 g/mol. The Bertz CT molecular complexity index is 1090. The first-order valence-corrected chi connectivity index (χ1v) is 9.01. The molecule has 4 nitrogen and oxygen atoms in total. The highest BCUT2D eigenvalue weighted by Crippen LogP contribution is 2.25. The molecule has 4 heteroatoms. The van der Waals surface area contributed by atoms with E-state index in [1.54, 1.807) is 12.1 Å². The highest BCUT2D eigenvalue weighted by atomic mass is 16.5. The molecule has 0 fully saturated rings. The molecular formula is C24H19NO3. The molecule has 138 valence electrons. The lowest BCUT2D eigenvalue weighted by Gasteiger charge is -2.10. The van der Waals surface area contributed by atoms with Gasteiger partial charge in [0.25, 0.3) is 5.91 Å². The van der Waals surface area contributed by atoms with E-state index in [1.165, 1.54) is 0 Å². The summed E-state index contributed by atoms with van der Waals surface area (Å²) in [6.07, 6.45) is 0. The Labute approximate surface area is 163 Å². The van der Waals surface area contributed by atoms with Crippen molar-refractivity contribution in [3.05, 3.63) is 97.1 Å². The average Bonchev–Trinajstić information content (AvgIpc) is 2.73. The predicted molar refractivity (Wildman–Crippen MR) is 111 cm³/mol. The lowest BCUT2D eigenvalue weighted by Crippen LogP contribution is -2.20. The van der Waals surface area contributed by atoms with E-state index in [0.29, 0.717) is 11.5 Å². The molecule has 0 bridgehead atoms. The normalized spacial score (nSPS) is 10.4. The molecule has 4 aromatic rings. The third kappa shape index (κ3) is 4.48. The molecule has 0 spiro atoms. The van der Waals surface area contributed by atoms with Gasteiger partial charge in [-0.1, -0.05) is 54.6 Å². The van der Waals surface area contributed by atoms with E-state index in [9.17, 15) is 4.79 Å². The number of carbonyl (C=O) groups is 1. The average molecular weight is 369 g/mol. The van der Waals surface area contributed by atoms with Crippen LogP contribution >= 0.6 is 0 Å². The molecule has 1 N–H and O–H groups in total. The highest BCUT2D eigenvalue weighted by molar-refractivity contribution is 5.95. The largest absolute Gasteiger partial charge is 0.484 e. The molecule has 0 aliphatic rings. The molecule has 0 saturated heterocycles. The minimum atomic E-state index is -0.218. The molecule has 0 heterocycles. The van der Waals surface area contributed by atoms with Crippen molar-refractivity contribution >= 4 is 22.4 Å². The van der Waals surface area contributed by atoms with E-state index in [-0.39, 0.29) is 12.5 Å². The second-order valence-electron chi connectivity index (χ2n) is 6.29. The molecular weight excluding hydrogens is 350 g/mol. The summed E-state index contributed by atoms with van der Waals surface area (Å²) in [6, 6.07) is 30.6. The van der Waals surface area contributed by atoms with Crippen LogP contribution in [0.2, 0.25) is 0 Å². The summed E-state index contributed by atoms with van der Waals surface area (Å²) in [6.45, 7) is -0.0817. The molecule has 4 rings (SSSR count). The van der Waals surface area contributed by atoms with Crippen molar-refractivity contribution < 1.29 is 14.3 Å². The first-order chi connectivity index (χ1) is 13.8. The third-order valence-corrected chi connectivity index (χ3v) is 4.19. The van der Waals surface area contributed by atoms with Gasteiger partial charge in [-0.05, 0) is 47.2 Å². The summed E-state index contributed by atoms with van der Waals surface area (Å²) in [5.74, 6) is 1.75. The molecule has 0 unspecified atom stereocenters. The van der Waals surface area contributed by atoms with Crippen LogP contribution in [0, 0.1) is 0 Å². The first kappa shape index (κ1) is 17.6. The number of fused-ring (bicyclic) bond motifs is 1. The van der Waals surface area contributed by atoms with Gasteiger partial charge in [0.1, 0.15) is 17.2 Å². The Morgan fingerprint density at radius 2 is 1.39 bits per heavy atom. The maximum absolute atomic E-state index is 12.2. The zero-order chi connectivity index (χ0) is 19.2. The van der Waals surface area contributed by atoms with Crippen molar-refractivity contribution in [3.8, 4) is 17.2 Å². The quantitative estimate of drug-likeness (QED) is 0.478. The number of para-hydroxylation sites is 1. The first-order valence-electron chi connectivity index (χ1n) is 9.01. The van der Waals surface area contributed by atoms with Gasteiger partial charge in [0.15, 0.2) is 6.61 Å². The summed E-state index contributed by atoms with van der Waals surface area (Å²) in [5, 5.41) is 5.07. The summed E-state index contributed by atoms with van der Waals surface area (Å²) >= 11 is 0. The SMILES string of the molecule is O=C(COc1cccc(Oc2ccccc2)c1)Nc1ccc2ccccc2c1. The van der Waals surface area contributed by atoms with Gasteiger partial charge in [-0.25, -0.2) is 0 Å². The summed E-state index contributed by atoms with van der Waals surface area (Å²) in [5.41, 5.74) is 0.744. The Hall–Kier alpha value is -3.79. The Morgan fingerprint density at radius 1 is 0.679 bits per heavy atom. The van der Waals surface area contributed by atoms with Crippen molar-refractivity contribution in [3.63, 3.8) is 0 Å². The van der Waals surface area contributed by atoms with Gasteiger partial charge in [0, 0.05) is 11.8 Å². The van der Waals surface area contributed by atoms with Gasteiger partial charge in [-0.15, -0.1) is 0 Å². The fourth-order valence-corrected chi connectivity index (χ4v) is 2.87. The standard InChI is InChI=1S/C24H19NO3/c26-24(25-20-14-13-18-7-4-5-8-19(18)15-20)17-27-22-11-6-12-23(16-22)28-21-9-2-1-3-10-21/h1-16H,17H2,(H,25,26). The molecule has 0 saturated carbocycles. The lowest BCUT2D eigenvalue weighted by atomic mass is 10.1. The zero-order valence-corrected chi connectivity index (χ0v) is 15.2. The van der Waals surface area contributed by atoms with Crippen LogP contribution in [-0.4, -0.2) is 12.5 Å². The maximum Gasteiger partial charge on any atom is 0.262 e. The van der Waals surface area contributed by atoms with Gasteiger partial charge in [-0.3, -0.25) is 4.79 Å². The van der Waals surface area contributed by atoms with Gasteiger partial charge < -0.3 is 14.8 Å². The fraction of sp³-hybridized carbons (Fsp3) is 0.0417. The van der Waals surface area contributed by atoms with Gasteiger partial charge in [0.05, 0.1) is 0 Å². The number of amides is 1. The van der Waals surface area contributed by atoms with Gasteiger partial charge in [-0.2, -0.15) is 0 Å². The van der Waals surface area contributed by atoms with Crippen molar-refractivity contribution in [2.24, 2.45) is 0 Å². The Morgan fingerprint density at radius 3 is 2.25 bits per heavy atom. The molecule has 1 amide bonds. The highest BCUT2D eigenvalue weighted by Gasteiger charge is 2.06. The van der Waals surface area contributed by atoms with E-state index < -0.39 is 0 Å². The predicted octanol–water partition coefficient (Wildman–Crippen LogP) is 5.65. The number of nitrogens with one attached hydrogen (secondary N) is 1. The minimum absolute atomic E-state index is 0.0817. The summed E-state index contributed by atoms with van der Waals surface area (Å²) < 4.78 is 11.4. The van der Waals surface area contributed by atoms with E-state index >= 15 is 0 Å². The van der Waals surface area contributed by atoms with Crippen LogP contribution in [0.4, 0.5) is 5.69 Å². The van der Waals surface area contributed by atoms with Gasteiger partial charge in [0.2, 0.25) is 0 Å². The van der Waals surface area contributed by atoms with Crippen LogP contribution in [0.25, 0.3) is 10.8 Å². The fourth-order valence-electron chi connectivity index (χ4n) is 2.87. The van der Waals surface area contributed by atoms with Crippen LogP contribution in [0.5, 0.6) is 17.2 Å². The molecule has 4 aromatic carbocycles. The maximum atomic E-state index is 12.2. The second-order valence-corrected chi connectivity index (χ2v) is 6.29. The van der Waals surface area contributed by atoms with Crippen molar-refractivity contribution in [1.82, 2.24) is 0 Å². The molecule has 0 aliphatic heterocycles. The zero-order valence-electron chi connectivity index (χ0n) is 15.2. The smallest absolute Gasteiger partial charge is 0.262 e. The van der Waals surface area contributed by atoms with Crippen LogP contribution in [0.3, 0.4) is 0 Å². The number of hydrogen-bond donors (Lipinski definition) is 1. The number of carbonyl (C=O) groups excluding carboxylic acids is 1. The third-order valence-electron chi connectivity index (χ3n) is 4.19. The van der Waals surface area contributed by atoms with Crippen molar-refractivity contribution in [1.29, 1.82) is 0 Å². The number of hydrogen-bond acceptors (Lipinski definition) is 3. The van der Waals surface area contributed by atoms with Crippen LogP contribution in [0.1, 0.15) is 0 Å². The second kappa shape index (κ2) is 8.27. The van der Waals surface area contributed by atoms with Crippen molar-refractivity contribution in [2.45, 2.75) is 0 Å². The van der Waals surface area contributed by atoms with Crippen LogP contribution in [-0.2, 0) is 4.79 Å². The topological polar surface area (TPSA) is 47.6 Å². The number of ether oxygens (including phenoxy) is 2. The van der Waals surface area contributed by atoms with E-state index in [4.69, 9.17) is 9.47 Å². The number of rotatable bonds is 6. The molecule has 0 aromatic heterocycles. The molecule has 0 atom stereocenters. The van der Waals surface area contributed by atoms with Crippen molar-refractivity contribution in [2.75, 3.05) is 11.9 Å². The lowest BCUT2D eigenvalue weighted by molar-refractivity contribution is -0.118. The van der Waals surface area contributed by atoms with E-state index in [1.807, 2.05) is 84.9 Å². The molecule has 0 aliphatic carbocycles. The molecule has 28 heavy (non-hydrogen) atoms. The van der Waals surface area contributed by atoms with E-state index in [2.05, 4.69) is 5.32 Å².